The fourth-order valence-corrected chi connectivity index (χ4v) is 1.69. The lowest BCUT2D eigenvalue weighted by atomic mass is 9.98. The second-order valence-electron chi connectivity index (χ2n) is 4.16. The third-order valence-corrected chi connectivity index (χ3v) is 2.93. The Balaban J connectivity index is 3.03. The normalized spacial score (nSPS) is 12.1. The maximum Gasteiger partial charge on any atom is 0.221 e. The third-order valence-electron chi connectivity index (χ3n) is 2.93. The van der Waals surface area contributed by atoms with Crippen LogP contribution in [0, 0.1) is 13.8 Å². The van der Waals surface area contributed by atoms with Gasteiger partial charge in [-0.15, -0.1) is 0 Å². The summed E-state index contributed by atoms with van der Waals surface area (Å²) in [5, 5.41) is 2.57. The van der Waals surface area contributed by atoms with Crippen LogP contribution in [0.2, 0.25) is 0 Å². The quantitative estimate of drug-likeness (QED) is 0.831. The fourth-order valence-electron chi connectivity index (χ4n) is 1.69. The van der Waals surface area contributed by atoms with Crippen LogP contribution in [0.3, 0.4) is 0 Å². The average molecular weight is 236 g/mol. The van der Waals surface area contributed by atoms with E-state index in [1.165, 1.54) is 0 Å². The molecule has 0 aliphatic heterocycles. The van der Waals surface area contributed by atoms with E-state index in [9.17, 15) is 4.79 Å². The molecule has 0 heterocycles. The van der Waals surface area contributed by atoms with Gasteiger partial charge in [0.15, 0.2) is 0 Å². The Morgan fingerprint density at radius 1 is 1.41 bits per heavy atom. The zero-order chi connectivity index (χ0) is 13.0. The van der Waals surface area contributed by atoms with Crippen LogP contribution in [0.5, 0.6) is 5.75 Å². The van der Waals surface area contributed by atoms with Crippen LogP contribution < -0.4 is 15.8 Å². The highest BCUT2D eigenvalue weighted by molar-refractivity contribution is 5.76. The topological polar surface area (TPSA) is 64.4 Å². The van der Waals surface area contributed by atoms with Crippen molar-refractivity contribution in [1.29, 1.82) is 0 Å². The average Bonchev–Trinajstić information content (AvgIpc) is 2.31. The maximum atomic E-state index is 11.3. The molecule has 0 spiro atoms. The summed E-state index contributed by atoms with van der Waals surface area (Å²) < 4.78 is 5.31. The Bertz CT molecular complexity index is 416. The zero-order valence-electron chi connectivity index (χ0n) is 10.8. The van der Waals surface area contributed by atoms with E-state index in [0.29, 0.717) is 0 Å². The number of methoxy groups -OCH3 is 1. The van der Waals surface area contributed by atoms with Crippen molar-refractivity contribution in [3.63, 3.8) is 0 Å². The largest absolute Gasteiger partial charge is 0.496 e. The lowest BCUT2D eigenvalue weighted by Gasteiger charge is -2.17. The van der Waals surface area contributed by atoms with Gasteiger partial charge in [-0.1, -0.05) is 6.07 Å². The maximum absolute atomic E-state index is 11.3. The van der Waals surface area contributed by atoms with E-state index in [-0.39, 0.29) is 18.4 Å². The number of aryl methyl sites for hydroxylation is 2. The fraction of sp³-hybridized carbons (Fsp3) is 0.462. The molecule has 4 heteroatoms. The van der Waals surface area contributed by atoms with Crippen molar-refractivity contribution in [2.24, 2.45) is 5.73 Å². The molecular formula is C13H20N2O2. The standard InChI is InChI=1S/C13H20N2O2/c1-8-5-10(11(14)7-13(16)15-3)12(17-4)6-9(8)2/h5-6,11H,7,14H2,1-4H3,(H,15,16). The molecule has 4 nitrogen and oxygen atoms in total. The van der Waals surface area contributed by atoms with E-state index < -0.39 is 0 Å². The minimum absolute atomic E-state index is 0.0715. The van der Waals surface area contributed by atoms with E-state index in [0.717, 1.165) is 22.4 Å². The summed E-state index contributed by atoms with van der Waals surface area (Å²) >= 11 is 0. The van der Waals surface area contributed by atoms with Crippen LogP contribution in [-0.2, 0) is 4.79 Å². The number of carbonyl (C=O) groups excluding carboxylic acids is 1. The van der Waals surface area contributed by atoms with Gasteiger partial charge in [0, 0.05) is 25.1 Å². The summed E-state index contributed by atoms with van der Waals surface area (Å²) in [4.78, 5) is 11.3. The summed E-state index contributed by atoms with van der Waals surface area (Å²) in [5.74, 6) is 0.669. The zero-order valence-corrected chi connectivity index (χ0v) is 10.8. The lowest BCUT2D eigenvalue weighted by molar-refractivity contribution is -0.120. The van der Waals surface area contributed by atoms with Gasteiger partial charge in [-0.3, -0.25) is 4.79 Å². The van der Waals surface area contributed by atoms with Crippen LogP contribution >= 0.6 is 0 Å². The predicted octanol–water partition coefficient (Wildman–Crippen LogP) is 1.45. The molecular weight excluding hydrogens is 216 g/mol. The molecule has 1 aromatic carbocycles. The van der Waals surface area contributed by atoms with E-state index in [2.05, 4.69) is 5.32 Å². The first kappa shape index (κ1) is 13.5. The van der Waals surface area contributed by atoms with Crippen LogP contribution in [0.15, 0.2) is 12.1 Å². The Morgan fingerprint density at radius 2 is 2.00 bits per heavy atom. The SMILES string of the molecule is CNC(=O)CC(N)c1cc(C)c(C)cc1OC. The molecule has 0 bridgehead atoms. The number of carbonyl (C=O) groups is 1. The number of benzene rings is 1. The minimum Gasteiger partial charge on any atom is -0.496 e. The number of hydrogen-bond acceptors (Lipinski definition) is 3. The molecule has 1 aromatic rings. The van der Waals surface area contributed by atoms with E-state index in [4.69, 9.17) is 10.5 Å². The Hall–Kier alpha value is -1.55. The van der Waals surface area contributed by atoms with Crippen LogP contribution in [-0.4, -0.2) is 20.1 Å². The van der Waals surface area contributed by atoms with Crippen molar-refractivity contribution < 1.29 is 9.53 Å². The van der Waals surface area contributed by atoms with Crippen molar-refractivity contribution in [3.05, 3.63) is 28.8 Å². The molecule has 0 aliphatic carbocycles. The monoisotopic (exact) mass is 236 g/mol. The van der Waals surface area contributed by atoms with Gasteiger partial charge < -0.3 is 15.8 Å². The molecule has 1 amide bonds. The number of nitrogens with one attached hydrogen (secondary N) is 1. The molecule has 0 aliphatic rings. The summed E-state index contributed by atoms with van der Waals surface area (Å²) in [6.07, 6.45) is 0.259. The predicted molar refractivity (Wildman–Crippen MR) is 68.1 cm³/mol. The first-order valence-electron chi connectivity index (χ1n) is 5.61. The first-order chi connectivity index (χ1) is 7.99. The molecule has 0 saturated carbocycles. The van der Waals surface area contributed by atoms with Gasteiger partial charge in [-0.2, -0.15) is 0 Å². The van der Waals surface area contributed by atoms with Gasteiger partial charge in [0.2, 0.25) is 5.91 Å². The lowest BCUT2D eigenvalue weighted by Crippen LogP contribution is -2.24. The van der Waals surface area contributed by atoms with Crippen molar-refractivity contribution >= 4 is 5.91 Å². The highest BCUT2D eigenvalue weighted by Gasteiger charge is 2.16. The van der Waals surface area contributed by atoms with Crippen molar-refractivity contribution in [2.45, 2.75) is 26.3 Å². The number of nitrogens with two attached hydrogens (primary N) is 1. The second kappa shape index (κ2) is 5.68. The van der Waals surface area contributed by atoms with Crippen molar-refractivity contribution in [1.82, 2.24) is 5.32 Å². The highest BCUT2D eigenvalue weighted by Crippen LogP contribution is 2.28. The molecule has 94 valence electrons. The van der Waals surface area contributed by atoms with Gasteiger partial charge in [0.25, 0.3) is 0 Å². The molecule has 1 rings (SSSR count). The summed E-state index contributed by atoms with van der Waals surface area (Å²) in [6.45, 7) is 4.04. The third kappa shape index (κ3) is 3.20. The Kier molecular flexibility index (Phi) is 4.52. The van der Waals surface area contributed by atoms with Gasteiger partial charge in [-0.25, -0.2) is 0 Å². The first-order valence-corrected chi connectivity index (χ1v) is 5.61. The number of hydrogen-bond donors (Lipinski definition) is 2. The van der Waals surface area contributed by atoms with Gasteiger partial charge in [-0.05, 0) is 31.0 Å². The highest BCUT2D eigenvalue weighted by atomic mass is 16.5. The molecule has 17 heavy (non-hydrogen) atoms. The minimum atomic E-state index is -0.343. The van der Waals surface area contributed by atoms with Crippen LogP contribution in [0.4, 0.5) is 0 Å². The molecule has 3 N–H and O–H groups in total. The van der Waals surface area contributed by atoms with Crippen molar-refractivity contribution in [3.8, 4) is 5.75 Å². The Labute approximate surface area is 102 Å². The molecule has 1 atom stereocenters. The van der Waals surface area contributed by atoms with Crippen LogP contribution in [0.25, 0.3) is 0 Å². The molecule has 1 unspecified atom stereocenters. The molecule has 0 radical (unpaired) electrons. The number of amides is 1. The molecule has 0 saturated heterocycles. The number of rotatable bonds is 4. The van der Waals surface area contributed by atoms with Gasteiger partial charge in [0.1, 0.15) is 5.75 Å². The Morgan fingerprint density at radius 3 is 2.53 bits per heavy atom. The van der Waals surface area contributed by atoms with E-state index in [1.807, 2.05) is 26.0 Å². The van der Waals surface area contributed by atoms with Crippen molar-refractivity contribution in [2.75, 3.05) is 14.2 Å². The summed E-state index contributed by atoms with van der Waals surface area (Å²) in [7, 11) is 3.22. The number of ether oxygens (including phenoxy) is 1. The van der Waals surface area contributed by atoms with Crippen LogP contribution in [0.1, 0.15) is 29.2 Å². The smallest absolute Gasteiger partial charge is 0.221 e. The van der Waals surface area contributed by atoms with Gasteiger partial charge in [0.05, 0.1) is 7.11 Å². The summed E-state index contributed by atoms with van der Waals surface area (Å²) in [5.41, 5.74) is 9.20. The summed E-state index contributed by atoms with van der Waals surface area (Å²) in [6, 6.07) is 3.60. The molecule has 0 fully saturated rings. The van der Waals surface area contributed by atoms with E-state index >= 15 is 0 Å². The van der Waals surface area contributed by atoms with Gasteiger partial charge >= 0.3 is 0 Å². The second-order valence-corrected chi connectivity index (χ2v) is 4.16. The van der Waals surface area contributed by atoms with E-state index in [1.54, 1.807) is 14.2 Å². The molecule has 0 aromatic heterocycles.